The number of rotatable bonds is 10. The highest BCUT2D eigenvalue weighted by atomic mass is 35.5. The lowest BCUT2D eigenvalue weighted by Crippen LogP contribution is -2.52. The van der Waals surface area contributed by atoms with Gasteiger partial charge < -0.3 is 20.0 Å². The maximum atomic E-state index is 13.9. The van der Waals surface area contributed by atoms with Crippen LogP contribution in [0.15, 0.2) is 102 Å². The van der Waals surface area contributed by atoms with Crippen LogP contribution in [-0.2, 0) is 11.2 Å². The number of aryl methyl sites for hydroxylation is 1. The first-order valence-corrected chi connectivity index (χ1v) is 15.1. The molecular weight excluding hydrogens is 588 g/mol. The number of aromatic amines is 1. The predicted molar refractivity (Wildman–Crippen MR) is 175 cm³/mol. The fourth-order valence-electron chi connectivity index (χ4n) is 5.52. The van der Waals surface area contributed by atoms with Gasteiger partial charge in [-0.25, -0.2) is 4.98 Å². The van der Waals surface area contributed by atoms with Gasteiger partial charge in [-0.3, -0.25) is 14.4 Å². The Morgan fingerprint density at radius 2 is 1.67 bits per heavy atom. The zero-order valence-electron chi connectivity index (χ0n) is 24.8. The molecule has 6 aromatic rings. The minimum absolute atomic E-state index is 0.0732. The van der Waals surface area contributed by atoms with Gasteiger partial charge in [0.15, 0.2) is 5.58 Å². The summed E-state index contributed by atoms with van der Waals surface area (Å²) >= 11 is 6.15. The number of para-hydroxylation sites is 2. The van der Waals surface area contributed by atoms with Gasteiger partial charge in [0.25, 0.3) is 11.8 Å². The molecule has 3 N–H and O–H groups in total. The van der Waals surface area contributed by atoms with E-state index in [9.17, 15) is 14.4 Å². The third kappa shape index (κ3) is 6.37. The molecule has 45 heavy (non-hydrogen) atoms. The first-order chi connectivity index (χ1) is 21.8. The molecule has 6 rings (SSSR count). The van der Waals surface area contributed by atoms with E-state index in [4.69, 9.17) is 16.0 Å². The molecule has 0 bridgehead atoms. The monoisotopic (exact) mass is 618 g/mol. The summed E-state index contributed by atoms with van der Waals surface area (Å²) in [7, 11) is 0. The summed E-state index contributed by atoms with van der Waals surface area (Å²) in [6.07, 6.45) is 2.36. The highest BCUT2D eigenvalue weighted by Crippen LogP contribution is 2.25. The van der Waals surface area contributed by atoms with Crippen LogP contribution in [0, 0.1) is 6.92 Å². The molecule has 0 radical (unpaired) electrons. The summed E-state index contributed by atoms with van der Waals surface area (Å²) in [5.41, 5.74) is 6.12. The molecule has 0 saturated heterocycles. The van der Waals surface area contributed by atoms with Crippen molar-refractivity contribution in [2.75, 3.05) is 0 Å². The SMILES string of the molecule is CC[C@H](NC(=O)C(Cc1c[nH]c2cccc(C)c12)NC(=O)c1ccc(-c2cccc(Cl)c2)cc1)C(=O)c1nc2ccccc2o1. The summed E-state index contributed by atoms with van der Waals surface area (Å²) in [6.45, 7) is 3.80. The van der Waals surface area contributed by atoms with Crippen LogP contribution in [0.5, 0.6) is 0 Å². The molecule has 0 aliphatic rings. The summed E-state index contributed by atoms with van der Waals surface area (Å²) in [6, 6.07) is 25.7. The lowest BCUT2D eigenvalue weighted by atomic mass is 9.99. The third-order valence-electron chi connectivity index (χ3n) is 7.89. The predicted octanol–water partition coefficient (Wildman–Crippen LogP) is 7.06. The number of amides is 2. The molecule has 2 amide bonds. The molecule has 0 spiro atoms. The van der Waals surface area contributed by atoms with Crippen LogP contribution in [0.4, 0.5) is 0 Å². The van der Waals surface area contributed by atoms with Gasteiger partial charge in [-0.05, 0) is 78.1 Å². The second-order valence-electron chi connectivity index (χ2n) is 10.9. The smallest absolute Gasteiger partial charge is 0.266 e. The molecule has 2 heterocycles. The van der Waals surface area contributed by atoms with Crippen LogP contribution in [0.3, 0.4) is 0 Å². The first-order valence-electron chi connectivity index (χ1n) is 14.7. The van der Waals surface area contributed by atoms with Crippen LogP contribution in [0.2, 0.25) is 5.02 Å². The number of hydrogen-bond acceptors (Lipinski definition) is 5. The van der Waals surface area contributed by atoms with Crippen molar-refractivity contribution in [1.82, 2.24) is 20.6 Å². The van der Waals surface area contributed by atoms with Crippen LogP contribution < -0.4 is 10.6 Å². The van der Waals surface area contributed by atoms with Crippen molar-refractivity contribution in [2.45, 2.75) is 38.8 Å². The van der Waals surface area contributed by atoms with E-state index in [1.807, 2.05) is 67.7 Å². The van der Waals surface area contributed by atoms with Crippen LogP contribution in [0.1, 0.15) is 45.5 Å². The fourth-order valence-corrected chi connectivity index (χ4v) is 5.71. The first kappa shape index (κ1) is 29.8. The number of Topliss-reactive ketones (excluding diaryl/α,β-unsaturated/α-hetero) is 1. The number of nitrogens with zero attached hydrogens (tertiary/aromatic N) is 1. The Morgan fingerprint density at radius 3 is 2.42 bits per heavy atom. The molecule has 4 aromatic carbocycles. The van der Waals surface area contributed by atoms with E-state index < -0.39 is 29.7 Å². The van der Waals surface area contributed by atoms with Crippen LogP contribution in [-0.4, -0.2) is 39.6 Å². The number of oxazole rings is 1. The third-order valence-corrected chi connectivity index (χ3v) is 8.13. The molecule has 226 valence electrons. The molecule has 0 saturated carbocycles. The minimum Gasteiger partial charge on any atom is -0.434 e. The van der Waals surface area contributed by atoms with Crippen molar-refractivity contribution in [3.05, 3.63) is 125 Å². The highest BCUT2D eigenvalue weighted by Gasteiger charge is 2.30. The van der Waals surface area contributed by atoms with Crippen molar-refractivity contribution in [2.24, 2.45) is 0 Å². The summed E-state index contributed by atoms with van der Waals surface area (Å²) in [5.74, 6) is -1.41. The largest absolute Gasteiger partial charge is 0.434 e. The molecule has 0 aliphatic carbocycles. The number of hydrogen-bond donors (Lipinski definition) is 3. The molecule has 8 nitrogen and oxygen atoms in total. The number of nitrogens with one attached hydrogen (secondary N) is 3. The van der Waals surface area contributed by atoms with Gasteiger partial charge in [0.2, 0.25) is 11.7 Å². The van der Waals surface area contributed by atoms with Gasteiger partial charge in [0.1, 0.15) is 11.6 Å². The van der Waals surface area contributed by atoms with E-state index in [1.165, 1.54) is 0 Å². The Bertz CT molecular complexity index is 2000. The standard InChI is InChI=1S/C36H31ClN4O4/c1-3-27(33(42)36-41-28-11-4-5-13-31(28)45-36)39-35(44)30(19-25-20-38-29-12-6-8-21(2)32(25)29)40-34(43)23-16-14-22(15-17-23)24-9-7-10-26(37)18-24/h4-18,20,27,30,38H,3,19H2,1-2H3,(H,39,44)(H,40,43)/t27-,30?/m0/s1. The van der Waals surface area contributed by atoms with E-state index in [0.29, 0.717) is 28.1 Å². The number of halogens is 1. The van der Waals surface area contributed by atoms with Gasteiger partial charge in [0, 0.05) is 34.1 Å². The number of ketones is 1. The average molecular weight is 619 g/mol. The maximum Gasteiger partial charge on any atom is 0.266 e. The molecule has 0 aliphatic heterocycles. The quantitative estimate of drug-likeness (QED) is 0.142. The second kappa shape index (κ2) is 12.8. The zero-order chi connectivity index (χ0) is 31.5. The fraction of sp³-hybridized carbons (Fsp3) is 0.167. The number of carbonyl (C=O) groups excluding carboxylic acids is 3. The number of H-pyrrole nitrogens is 1. The minimum atomic E-state index is -0.978. The van der Waals surface area contributed by atoms with Gasteiger partial charge >= 0.3 is 0 Å². The average Bonchev–Trinajstić information content (AvgIpc) is 3.68. The van der Waals surface area contributed by atoms with Crippen LogP contribution >= 0.6 is 11.6 Å². The number of benzene rings is 4. The van der Waals surface area contributed by atoms with Crippen molar-refractivity contribution in [1.29, 1.82) is 0 Å². The molecular formula is C36H31ClN4O4. The maximum absolute atomic E-state index is 13.9. The normalized spacial score (nSPS) is 12.6. The second-order valence-corrected chi connectivity index (χ2v) is 11.4. The van der Waals surface area contributed by atoms with Crippen LogP contribution in [0.25, 0.3) is 33.1 Å². The van der Waals surface area contributed by atoms with Crippen molar-refractivity contribution < 1.29 is 18.8 Å². The molecule has 9 heteroatoms. The van der Waals surface area contributed by atoms with Crippen molar-refractivity contribution in [3.8, 4) is 11.1 Å². The molecule has 0 fully saturated rings. The molecule has 2 atom stereocenters. The summed E-state index contributed by atoms with van der Waals surface area (Å²) in [4.78, 5) is 48.3. The van der Waals surface area contributed by atoms with E-state index in [1.54, 1.807) is 43.3 Å². The van der Waals surface area contributed by atoms with E-state index in [2.05, 4.69) is 20.6 Å². The number of fused-ring (bicyclic) bond motifs is 2. The molecule has 2 aromatic heterocycles. The van der Waals surface area contributed by atoms with E-state index >= 15 is 0 Å². The van der Waals surface area contributed by atoms with Gasteiger partial charge in [-0.15, -0.1) is 0 Å². The Labute approximate surface area is 264 Å². The lowest BCUT2D eigenvalue weighted by molar-refractivity contribution is -0.123. The Kier molecular flexibility index (Phi) is 8.49. The van der Waals surface area contributed by atoms with Gasteiger partial charge in [0.05, 0.1) is 6.04 Å². The Balaban J connectivity index is 1.25. The van der Waals surface area contributed by atoms with Crippen molar-refractivity contribution >= 4 is 51.2 Å². The lowest BCUT2D eigenvalue weighted by Gasteiger charge is -2.22. The number of carbonyl (C=O) groups is 3. The summed E-state index contributed by atoms with van der Waals surface area (Å²) < 4.78 is 5.68. The molecule has 1 unspecified atom stereocenters. The van der Waals surface area contributed by atoms with E-state index in [-0.39, 0.29) is 12.3 Å². The Morgan fingerprint density at radius 1 is 0.889 bits per heavy atom. The van der Waals surface area contributed by atoms with Gasteiger partial charge in [-0.1, -0.05) is 67.1 Å². The summed E-state index contributed by atoms with van der Waals surface area (Å²) in [5, 5.41) is 7.38. The Hall–Kier alpha value is -5.21. The van der Waals surface area contributed by atoms with Gasteiger partial charge in [-0.2, -0.15) is 0 Å². The van der Waals surface area contributed by atoms with E-state index in [0.717, 1.165) is 33.2 Å². The topological polar surface area (TPSA) is 117 Å². The highest BCUT2D eigenvalue weighted by molar-refractivity contribution is 6.30. The zero-order valence-corrected chi connectivity index (χ0v) is 25.5. The number of aromatic nitrogens is 2. The van der Waals surface area contributed by atoms with Crippen molar-refractivity contribution in [3.63, 3.8) is 0 Å².